The molecule has 1 aliphatic carbocycles. The number of allylic oxidation sites excluding steroid dienone is 1. The van der Waals surface area contributed by atoms with Crippen LogP contribution in [0.3, 0.4) is 0 Å². The van der Waals surface area contributed by atoms with Crippen LogP contribution in [-0.2, 0) is 0 Å². The molecular formula is C23H21N5. The lowest BCUT2D eigenvalue weighted by Crippen LogP contribution is -2.54. The molecule has 0 amide bonds. The van der Waals surface area contributed by atoms with Gasteiger partial charge in [0.1, 0.15) is 18.2 Å². The standard InChI is InChI=1S/C23H21N5/c1-15-17-7-3-4-8-19(17)28-20-13-25-14-26-21(20)27(16-6-5-11-24-12-16)22(28)23(2)10-9-18(15)23/h3-15,18,22H,1-2H3. The van der Waals surface area contributed by atoms with Crippen LogP contribution in [0.1, 0.15) is 25.3 Å². The first-order chi connectivity index (χ1) is 13.7. The Hall–Kier alpha value is -3.21. The molecule has 0 N–H and O–H groups in total. The molecular weight excluding hydrogens is 346 g/mol. The van der Waals surface area contributed by atoms with Crippen molar-refractivity contribution in [3.05, 3.63) is 79.0 Å². The Balaban J connectivity index is 1.67. The maximum absolute atomic E-state index is 4.70. The molecule has 3 aromatic rings. The molecule has 28 heavy (non-hydrogen) atoms. The van der Waals surface area contributed by atoms with Crippen molar-refractivity contribution in [1.29, 1.82) is 0 Å². The average molecular weight is 367 g/mol. The molecule has 0 radical (unpaired) electrons. The Kier molecular flexibility index (Phi) is 3.05. The zero-order valence-electron chi connectivity index (χ0n) is 15.9. The van der Waals surface area contributed by atoms with E-state index in [1.165, 1.54) is 11.3 Å². The quantitative estimate of drug-likeness (QED) is 0.578. The number of rotatable bonds is 1. The van der Waals surface area contributed by atoms with Crippen molar-refractivity contribution >= 4 is 22.9 Å². The van der Waals surface area contributed by atoms with Crippen molar-refractivity contribution in [3.8, 4) is 0 Å². The van der Waals surface area contributed by atoms with Crippen LogP contribution in [-0.4, -0.2) is 21.1 Å². The van der Waals surface area contributed by atoms with Crippen LogP contribution >= 0.6 is 0 Å². The molecule has 4 atom stereocenters. The first kappa shape index (κ1) is 15.8. The largest absolute Gasteiger partial charge is 0.314 e. The molecule has 5 heteroatoms. The van der Waals surface area contributed by atoms with Crippen molar-refractivity contribution in [2.75, 3.05) is 9.80 Å². The fourth-order valence-electron chi connectivity index (χ4n) is 5.37. The summed E-state index contributed by atoms with van der Waals surface area (Å²) in [5.74, 6) is 1.85. The molecule has 1 aromatic carbocycles. The van der Waals surface area contributed by atoms with Crippen LogP contribution in [0, 0.1) is 11.3 Å². The second-order valence-corrected chi connectivity index (χ2v) is 8.15. The summed E-state index contributed by atoms with van der Waals surface area (Å²) in [6, 6.07) is 12.9. The second-order valence-electron chi connectivity index (χ2n) is 8.15. The summed E-state index contributed by atoms with van der Waals surface area (Å²) in [5, 5.41) is 0. The molecule has 0 fully saturated rings. The summed E-state index contributed by atoms with van der Waals surface area (Å²) < 4.78 is 0. The van der Waals surface area contributed by atoms with Crippen molar-refractivity contribution in [3.63, 3.8) is 0 Å². The number of anilines is 4. The third kappa shape index (κ3) is 1.84. The van der Waals surface area contributed by atoms with Gasteiger partial charge in [-0.3, -0.25) is 4.98 Å². The van der Waals surface area contributed by atoms with E-state index in [9.17, 15) is 0 Å². The Morgan fingerprint density at radius 2 is 1.86 bits per heavy atom. The third-order valence-electron chi connectivity index (χ3n) is 6.74. The molecule has 0 bridgehead atoms. The van der Waals surface area contributed by atoms with E-state index in [0.29, 0.717) is 11.8 Å². The fraction of sp³-hybridized carbons (Fsp3) is 0.261. The minimum atomic E-state index is -0.0189. The van der Waals surface area contributed by atoms with Crippen LogP contribution in [0.5, 0.6) is 0 Å². The summed E-state index contributed by atoms with van der Waals surface area (Å²) in [7, 11) is 0. The zero-order valence-corrected chi connectivity index (χ0v) is 15.9. The first-order valence-electron chi connectivity index (χ1n) is 9.77. The zero-order chi connectivity index (χ0) is 18.9. The highest BCUT2D eigenvalue weighted by atomic mass is 15.5. The van der Waals surface area contributed by atoms with E-state index < -0.39 is 0 Å². The van der Waals surface area contributed by atoms with Crippen molar-refractivity contribution in [2.45, 2.75) is 25.9 Å². The number of para-hydroxylation sites is 1. The topological polar surface area (TPSA) is 45.2 Å². The Morgan fingerprint density at radius 1 is 0.964 bits per heavy atom. The number of fused-ring (bicyclic) bond motifs is 7. The van der Waals surface area contributed by atoms with Crippen molar-refractivity contribution < 1.29 is 0 Å². The number of hydrogen-bond acceptors (Lipinski definition) is 5. The SMILES string of the molecule is CC1c2ccccc2N2c3cncnc3N(c3cccnc3)C2C2(C)C=CC12. The minimum Gasteiger partial charge on any atom is -0.314 e. The van der Waals surface area contributed by atoms with Gasteiger partial charge in [-0.25, -0.2) is 9.97 Å². The van der Waals surface area contributed by atoms with Gasteiger partial charge in [0.15, 0.2) is 5.82 Å². The monoisotopic (exact) mass is 367 g/mol. The normalized spacial score (nSPS) is 29.3. The molecule has 2 aliphatic heterocycles. The number of benzene rings is 1. The highest BCUT2D eigenvalue weighted by Crippen LogP contribution is 2.62. The van der Waals surface area contributed by atoms with Gasteiger partial charge in [0.2, 0.25) is 0 Å². The number of nitrogens with zero attached hydrogens (tertiary/aromatic N) is 5. The maximum Gasteiger partial charge on any atom is 0.162 e. The first-order valence-corrected chi connectivity index (χ1v) is 9.77. The number of hydrogen-bond donors (Lipinski definition) is 0. The Labute approximate surface area is 164 Å². The van der Waals surface area contributed by atoms with Crippen LogP contribution in [0.2, 0.25) is 0 Å². The van der Waals surface area contributed by atoms with Gasteiger partial charge in [0.25, 0.3) is 0 Å². The van der Waals surface area contributed by atoms with E-state index in [1.54, 1.807) is 6.33 Å². The third-order valence-corrected chi connectivity index (χ3v) is 6.74. The predicted molar refractivity (Wildman–Crippen MR) is 110 cm³/mol. The molecule has 4 heterocycles. The highest BCUT2D eigenvalue weighted by Gasteiger charge is 2.57. The van der Waals surface area contributed by atoms with Crippen LogP contribution in [0.15, 0.2) is 73.5 Å². The molecule has 0 saturated carbocycles. The predicted octanol–water partition coefficient (Wildman–Crippen LogP) is 4.80. The van der Waals surface area contributed by atoms with Crippen molar-refractivity contribution in [1.82, 2.24) is 15.0 Å². The summed E-state index contributed by atoms with van der Waals surface area (Å²) in [5.41, 5.74) is 4.73. The molecule has 2 aromatic heterocycles. The van der Waals surface area contributed by atoms with Gasteiger partial charge in [-0.2, -0.15) is 0 Å². The molecule has 138 valence electrons. The van der Waals surface area contributed by atoms with E-state index in [4.69, 9.17) is 4.98 Å². The lowest BCUT2D eigenvalue weighted by atomic mass is 9.61. The molecule has 5 nitrogen and oxygen atoms in total. The van der Waals surface area contributed by atoms with Gasteiger partial charge in [0.05, 0.1) is 18.1 Å². The van der Waals surface area contributed by atoms with E-state index in [0.717, 1.165) is 17.2 Å². The second kappa shape index (κ2) is 5.41. The van der Waals surface area contributed by atoms with E-state index in [2.05, 4.69) is 76.1 Å². The maximum atomic E-state index is 4.70. The van der Waals surface area contributed by atoms with Crippen molar-refractivity contribution in [2.24, 2.45) is 11.3 Å². The Morgan fingerprint density at radius 3 is 2.64 bits per heavy atom. The van der Waals surface area contributed by atoms with Gasteiger partial charge in [-0.15, -0.1) is 0 Å². The summed E-state index contributed by atoms with van der Waals surface area (Å²) in [6.45, 7) is 4.73. The smallest absolute Gasteiger partial charge is 0.162 e. The molecule has 6 rings (SSSR count). The Bertz CT molecular complexity index is 1090. The van der Waals surface area contributed by atoms with Gasteiger partial charge >= 0.3 is 0 Å². The van der Waals surface area contributed by atoms with Gasteiger partial charge in [0, 0.05) is 17.3 Å². The molecule has 0 spiro atoms. The van der Waals surface area contributed by atoms with Crippen LogP contribution in [0.25, 0.3) is 0 Å². The summed E-state index contributed by atoms with van der Waals surface area (Å²) in [4.78, 5) is 18.2. The molecule has 0 saturated heterocycles. The lowest BCUT2D eigenvalue weighted by Gasteiger charge is -2.50. The van der Waals surface area contributed by atoms with Gasteiger partial charge in [-0.1, -0.05) is 44.2 Å². The summed E-state index contributed by atoms with van der Waals surface area (Å²) in [6.07, 6.45) is 12.2. The van der Waals surface area contributed by atoms with Crippen LogP contribution in [0.4, 0.5) is 22.9 Å². The molecule has 3 aliphatic rings. The summed E-state index contributed by atoms with van der Waals surface area (Å²) >= 11 is 0. The highest BCUT2D eigenvalue weighted by molar-refractivity contribution is 5.87. The minimum absolute atomic E-state index is 0.0189. The van der Waals surface area contributed by atoms with Gasteiger partial charge < -0.3 is 9.80 Å². The average Bonchev–Trinajstić information content (AvgIpc) is 3.06. The van der Waals surface area contributed by atoms with E-state index in [1.807, 2.05) is 24.7 Å². The molecule has 4 unspecified atom stereocenters. The van der Waals surface area contributed by atoms with E-state index >= 15 is 0 Å². The van der Waals surface area contributed by atoms with Crippen LogP contribution < -0.4 is 9.80 Å². The fourth-order valence-corrected chi connectivity index (χ4v) is 5.37. The van der Waals surface area contributed by atoms with Gasteiger partial charge in [-0.05, 0) is 35.6 Å². The number of aromatic nitrogens is 3. The lowest BCUT2D eigenvalue weighted by molar-refractivity contribution is 0.198. The number of pyridine rings is 1. The van der Waals surface area contributed by atoms with E-state index in [-0.39, 0.29) is 11.6 Å².